The van der Waals surface area contributed by atoms with Crippen LogP contribution in [0.2, 0.25) is 0 Å². The molecule has 90 valence electrons. The van der Waals surface area contributed by atoms with E-state index in [4.69, 9.17) is 10.2 Å². The lowest BCUT2D eigenvalue weighted by atomic mass is 10.1. The van der Waals surface area contributed by atoms with E-state index in [2.05, 4.69) is 0 Å². The zero-order chi connectivity index (χ0) is 13.0. The van der Waals surface area contributed by atoms with Crippen molar-refractivity contribution in [3.8, 4) is 0 Å². The summed E-state index contributed by atoms with van der Waals surface area (Å²) in [7, 11) is 0. The molecule has 0 saturated heterocycles. The Morgan fingerprint density at radius 3 is 2.50 bits per heavy atom. The quantitative estimate of drug-likeness (QED) is 0.892. The number of hydrogen-bond donors (Lipinski definition) is 1. The van der Waals surface area contributed by atoms with Crippen molar-refractivity contribution in [2.45, 2.75) is 0 Å². The van der Waals surface area contributed by atoms with Gasteiger partial charge in [0.05, 0.1) is 11.8 Å². The van der Waals surface area contributed by atoms with Gasteiger partial charge in [0, 0.05) is 6.07 Å². The molecular formula is C14H11NO3. The van der Waals surface area contributed by atoms with Gasteiger partial charge in [-0.15, -0.1) is 0 Å². The topological polar surface area (TPSA) is 73.3 Å². The number of carbonyl (C=O) groups excluding carboxylic acids is 1. The van der Waals surface area contributed by atoms with Gasteiger partial charge in [-0.25, -0.2) is 0 Å². The van der Waals surface area contributed by atoms with Crippen LogP contribution in [0.1, 0.15) is 21.7 Å². The Bertz CT molecular complexity index is 642. The fourth-order valence-corrected chi connectivity index (χ4v) is 1.52. The number of hydrogen-bond acceptors (Lipinski definition) is 3. The molecule has 0 aliphatic rings. The van der Waals surface area contributed by atoms with Gasteiger partial charge in [0.1, 0.15) is 0 Å². The van der Waals surface area contributed by atoms with Crippen molar-refractivity contribution in [3.05, 3.63) is 69.8 Å². The molecule has 18 heavy (non-hydrogen) atoms. The normalized spacial score (nSPS) is 10.7. The summed E-state index contributed by atoms with van der Waals surface area (Å²) in [4.78, 5) is 22.8. The van der Waals surface area contributed by atoms with Gasteiger partial charge in [0.25, 0.3) is 5.91 Å². The van der Waals surface area contributed by atoms with Crippen molar-refractivity contribution in [3.63, 3.8) is 0 Å². The van der Waals surface area contributed by atoms with Crippen molar-refractivity contribution in [1.82, 2.24) is 0 Å². The maximum atomic E-state index is 11.6. The molecule has 0 spiro atoms. The van der Waals surface area contributed by atoms with Gasteiger partial charge in [-0.05, 0) is 11.6 Å². The van der Waals surface area contributed by atoms with Crippen LogP contribution in [0.15, 0.2) is 51.9 Å². The van der Waals surface area contributed by atoms with Gasteiger partial charge >= 0.3 is 0 Å². The standard InChI is InChI=1S/C14H11NO3/c15-14(17)13-11(12(16)8-9-18-13)7-6-10-4-2-1-3-5-10/h1-9H,(H2,15,17). The van der Waals surface area contributed by atoms with Gasteiger partial charge in [-0.2, -0.15) is 0 Å². The molecule has 0 radical (unpaired) electrons. The maximum absolute atomic E-state index is 11.6. The molecule has 2 N–H and O–H groups in total. The highest BCUT2D eigenvalue weighted by Gasteiger charge is 2.11. The maximum Gasteiger partial charge on any atom is 0.285 e. The molecule has 0 fully saturated rings. The molecule has 0 bridgehead atoms. The third kappa shape index (κ3) is 2.55. The summed E-state index contributed by atoms with van der Waals surface area (Å²) in [6.45, 7) is 0. The average Bonchev–Trinajstić information content (AvgIpc) is 2.38. The Morgan fingerprint density at radius 2 is 1.83 bits per heavy atom. The van der Waals surface area contributed by atoms with Crippen LogP contribution >= 0.6 is 0 Å². The molecule has 1 amide bonds. The number of rotatable bonds is 3. The number of nitrogens with two attached hydrogens (primary N) is 1. The fraction of sp³-hybridized carbons (Fsp3) is 0. The van der Waals surface area contributed by atoms with Crippen LogP contribution in [0, 0.1) is 0 Å². The third-order valence-electron chi connectivity index (χ3n) is 2.38. The summed E-state index contributed by atoms with van der Waals surface area (Å²) in [5.74, 6) is -0.893. The summed E-state index contributed by atoms with van der Waals surface area (Å²) in [6.07, 6.45) is 4.40. The molecule has 4 nitrogen and oxygen atoms in total. The summed E-state index contributed by atoms with van der Waals surface area (Å²) >= 11 is 0. The highest BCUT2D eigenvalue weighted by molar-refractivity contribution is 5.94. The second-order valence-electron chi connectivity index (χ2n) is 3.64. The van der Waals surface area contributed by atoms with Crippen LogP contribution in [0.3, 0.4) is 0 Å². The number of primary amides is 1. The molecule has 0 aliphatic carbocycles. The lowest BCUT2D eigenvalue weighted by Gasteiger charge is -1.98. The SMILES string of the molecule is NC(=O)c1occc(=O)c1C=Cc1ccccc1. The van der Waals surface area contributed by atoms with E-state index in [0.717, 1.165) is 11.8 Å². The van der Waals surface area contributed by atoms with E-state index in [1.54, 1.807) is 6.08 Å². The van der Waals surface area contributed by atoms with Gasteiger partial charge in [0.15, 0.2) is 5.43 Å². The van der Waals surface area contributed by atoms with Gasteiger partial charge in [-0.3, -0.25) is 9.59 Å². The molecule has 1 aromatic heterocycles. The molecule has 2 aromatic rings. The average molecular weight is 241 g/mol. The van der Waals surface area contributed by atoms with E-state index >= 15 is 0 Å². The lowest BCUT2D eigenvalue weighted by Crippen LogP contribution is -2.17. The third-order valence-corrected chi connectivity index (χ3v) is 2.38. The van der Waals surface area contributed by atoms with Crippen molar-refractivity contribution in [2.75, 3.05) is 0 Å². The first-order valence-corrected chi connectivity index (χ1v) is 5.33. The van der Waals surface area contributed by atoms with E-state index in [1.807, 2.05) is 30.3 Å². The predicted molar refractivity (Wildman–Crippen MR) is 68.9 cm³/mol. The Labute approximate surface area is 103 Å². The van der Waals surface area contributed by atoms with E-state index in [0.29, 0.717) is 0 Å². The molecule has 1 heterocycles. The van der Waals surface area contributed by atoms with Crippen molar-refractivity contribution < 1.29 is 9.21 Å². The van der Waals surface area contributed by atoms with Gasteiger partial charge in [-0.1, -0.05) is 36.4 Å². The molecular weight excluding hydrogens is 230 g/mol. The van der Waals surface area contributed by atoms with Crippen molar-refractivity contribution in [1.29, 1.82) is 0 Å². The monoisotopic (exact) mass is 241 g/mol. The molecule has 0 unspecified atom stereocenters. The number of benzene rings is 1. The second kappa shape index (κ2) is 5.14. The van der Waals surface area contributed by atoms with E-state index in [1.165, 1.54) is 12.1 Å². The first kappa shape index (κ1) is 11.9. The molecule has 0 aliphatic heterocycles. The van der Waals surface area contributed by atoms with E-state index in [9.17, 15) is 9.59 Å². The molecule has 0 atom stereocenters. The van der Waals surface area contributed by atoms with Crippen LogP contribution in [0.4, 0.5) is 0 Å². The minimum absolute atomic E-state index is 0.130. The Hall–Kier alpha value is -2.62. The Balaban J connectivity index is 2.43. The van der Waals surface area contributed by atoms with Crippen LogP contribution < -0.4 is 11.2 Å². The summed E-state index contributed by atoms with van der Waals surface area (Å²) in [5.41, 5.74) is 5.92. The largest absolute Gasteiger partial charge is 0.458 e. The highest BCUT2D eigenvalue weighted by atomic mass is 16.3. The molecule has 1 aromatic carbocycles. The fourth-order valence-electron chi connectivity index (χ4n) is 1.52. The first-order valence-electron chi connectivity index (χ1n) is 5.33. The summed E-state index contributed by atoms with van der Waals surface area (Å²) in [6, 6.07) is 10.7. The first-order chi connectivity index (χ1) is 8.68. The zero-order valence-corrected chi connectivity index (χ0v) is 9.50. The Morgan fingerprint density at radius 1 is 1.11 bits per heavy atom. The molecule has 0 saturated carbocycles. The highest BCUT2D eigenvalue weighted by Crippen LogP contribution is 2.09. The van der Waals surface area contributed by atoms with Crippen molar-refractivity contribution >= 4 is 18.1 Å². The van der Waals surface area contributed by atoms with Crippen LogP contribution in [0.5, 0.6) is 0 Å². The minimum atomic E-state index is -0.764. The van der Waals surface area contributed by atoms with Gasteiger partial charge in [0.2, 0.25) is 5.76 Å². The number of amides is 1. The van der Waals surface area contributed by atoms with Crippen LogP contribution in [-0.2, 0) is 0 Å². The summed E-state index contributed by atoms with van der Waals surface area (Å²) < 4.78 is 4.96. The number of carbonyl (C=O) groups is 1. The van der Waals surface area contributed by atoms with Crippen molar-refractivity contribution in [2.24, 2.45) is 5.73 Å². The minimum Gasteiger partial charge on any atom is -0.458 e. The zero-order valence-electron chi connectivity index (χ0n) is 9.50. The van der Waals surface area contributed by atoms with Gasteiger partial charge < -0.3 is 10.2 Å². The predicted octanol–water partition coefficient (Wildman–Crippen LogP) is 1.91. The lowest BCUT2D eigenvalue weighted by molar-refractivity contribution is 0.0971. The van der Waals surface area contributed by atoms with Crippen LogP contribution in [0.25, 0.3) is 12.2 Å². The molecule has 4 heteroatoms. The van der Waals surface area contributed by atoms with Crippen LogP contribution in [-0.4, -0.2) is 5.91 Å². The summed E-state index contributed by atoms with van der Waals surface area (Å²) in [5, 5.41) is 0. The molecule has 2 rings (SSSR count). The smallest absolute Gasteiger partial charge is 0.285 e. The van der Waals surface area contributed by atoms with E-state index < -0.39 is 5.91 Å². The second-order valence-corrected chi connectivity index (χ2v) is 3.64. The Kier molecular flexibility index (Phi) is 3.38. The van der Waals surface area contributed by atoms with E-state index in [-0.39, 0.29) is 16.8 Å².